The van der Waals surface area contributed by atoms with Gasteiger partial charge in [0, 0.05) is 19.2 Å². The van der Waals surface area contributed by atoms with E-state index in [-0.39, 0.29) is 17.5 Å². The first-order valence-electron chi connectivity index (χ1n) is 7.62. The second-order valence-corrected chi connectivity index (χ2v) is 7.36. The maximum absolute atomic E-state index is 13.2. The summed E-state index contributed by atoms with van der Waals surface area (Å²) in [4.78, 5) is 2.17. The van der Waals surface area contributed by atoms with E-state index >= 15 is 0 Å². The van der Waals surface area contributed by atoms with Crippen molar-refractivity contribution in [2.24, 2.45) is 0 Å². The Morgan fingerprint density at radius 2 is 2.18 bits per heavy atom. The van der Waals surface area contributed by atoms with E-state index in [9.17, 15) is 12.8 Å². The van der Waals surface area contributed by atoms with Crippen molar-refractivity contribution < 1.29 is 17.9 Å². The van der Waals surface area contributed by atoms with Gasteiger partial charge >= 0.3 is 0 Å². The van der Waals surface area contributed by atoms with Crippen molar-refractivity contribution in [3.63, 3.8) is 0 Å². The zero-order chi connectivity index (χ0) is 16.0. The largest absolute Gasteiger partial charge is 0.396 e. The SMILES string of the molecule is O=S(=O)(NC1CCCN(CCCCO)C1)c1cccc(F)c1. The quantitative estimate of drug-likeness (QED) is 0.740. The number of benzene rings is 1. The lowest BCUT2D eigenvalue weighted by Gasteiger charge is -2.32. The van der Waals surface area contributed by atoms with E-state index in [4.69, 9.17) is 5.11 Å². The molecule has 1 aromatic carbocycles. The van der Waals surface area contributed by atoms with Crippen molar-refractivity contribution in [1.29, 1.82) is 0 Å². The Bertz CT molecular complexity index is 580. The molecule has 22 heavy (non-hydrogen) atoms. The number of aliphatic hydroxyl groups excluding tert-OH is 1. The number of likely N-dealkylation sites (tertiary alicyclic amines) is 1. The third kappa shape index (κ3) is 5.01. The summed E-state index contributed by atoms with van der Waals surface area (Å²) in [6.07, 6.45) is 3.37. The van der Waals surface area contributed by atoms with Crippen LogP contribution in [0.15, 0.2) is 29.2 Å². The summed E-state index contributed by atoms with van der Waals surface area (Å²) in [5, 5.41) is 8.81. The number of piperidine rings is 1. The van der Waals surface area contributed by atoms with Crippen molar-refractivity contribution in [3.05, 3.63) is 30.1 Å². The summed E-state index contributed by atoms with van der Waals surface area (Å²) in [6, 6.07) is 4.89. The average Bonchev–Trinajstić information content (AvgIpc) is 2.47. The molecule has 1 unspecified atom stereocenters. The van der Waals surface area contributed by atoms with E-state index in [0.29, 0.717) is 6.54 Å². The molecule has 7 heteroatoms. The van der Waals surface area contributed by atoms with Crippen LogP contribution in [0.3, 0.4) is 0 Å². The van der Waals surface area contributed by atoms with Crippen molar-refractivity contribution in [3.8, 4) is 0 Å². The van der Waals surface area contributed by atoms with Gasteiger partial charge in [-0.15, -0.1) is 0 Å². The van der Waals surface area contributed by atoms with E-state index < -0.39 is 15.8 Å². The van der Waals surface area contributed by atoms with Crippen LogP contribution in [0.2, 0.25) is 0 Å². The van der Waals surface area contributed by atoms with Gasteiger partial charge in [-0.3, -0.25) is 0 Å². The minimum atomic E-state index is -3.69. The van der Waals surface area contributed by atoms with Gasteiger partial charge in [0.1, 0.15) is 5.82 Å². The Morgan fingerprint density at radius 3 is 2.91 bits per heavy atom. The van der Waals surface area contributed by atoms with Crippen LogP contribution in [-0.4, -0.2) is 50.7 Å². The summed E-state index contributed by atoms with van der Waals surface area (Å²) >= 11 is 0. The maximum atomic E-state index is 13.2. The van der Waals surface area contributed by atoms with Gasteiger partial charge < -0.3 is 10.0 Å². The number of halogens is 1. The van der Waals surface area contributed by atoms with Crippen LogP contribution >= 0.6 is 0 Å². The minimum absolute atomic E-state index is 0.0371. The zero-order valence-electron chi connectivity index (χ0n) is 12.5. The van der Waals surface area contributed by atoms with Gasteiger partial charge in [0.05, 0.1) is 4.90 Å². The lowest BCUT2D eigenvalue weighted by Crippen LogP contribution is -2.47. The number of nitrogens with zero attached hydrogens (tertiary/aromatic N) is 1. The molecule has 0 aliphatic carbocycles. The monoisotopic (exact) mass is 330 g/mol. The molecule has 0 bridgehead atoms. The highest BCUT2D eigenvalue weighted by Gasteiger charge is 2.25. The lowest BCUT2D eigenvalue weighted by atomic mass is 10.1. The molecule has 1 aliphatic rings. The maximum Gasteiger partial charge on any atom is 0.240 e. The van der Waals surface area contributed by atoms with Gasteiger partial charge in [-0.25, -0.2) is 17.5 Å². The second kappa shape index (κ2) is 8.01. The van der Waals surface area contributed by atoms with Crippen LogP contribution in [0.25, 0.3) is 0 Å². The van der Waals surface area contributed by atoms with Gasteiger partial charge in [-0.1, -0.05) is 6.07 Å². The molecule has 1 fully saturated rings. The highest BCUT2D eigenvalue weighted by atomic mass is 32.2. The molecule has 2 N–H and O–H groups in total. The van der Waals surface area contributed by atoms with Crippen LogP contribution in [0.4, 0.5) is 4.39 Å². The second-order valence-electron chi connectivity index (χ2n) is 5.65. The van der Waals surface area contributed by atoms with E-state index in [1.54, 1.807) is 0 Å². The highest BCUT2D eigenvalue weighted by Crippen LogP contribution is 2.15. The molecule has 0 aromatic heterocycles. The minimum Gasteiger partial charge on any atom is -0.396 e. The molecule has 124 valence electrons. The summed E-state index contributed by atoms with van der Waals surface area (Å²) in [5.74, 6) is -0.558. The smallest absolute Gasteiger partial charge is 0.240 e. The normalized spacial score (nSPS) is 20.2. The van der Waals surface area contributed by atoms with Crippen LogP contribution < -0.4 is 4.72 Å². The Balaban J connectivity index is 1.94. The van der Waals surface area contributed by atoms with E-state index in [1.165, 1.54) is 18.2 Å². The number of hydrogen-bond donors (Lipinski definition) is 2. The van der Waals surface area contributed by atoms with Gasteiger partial charge in [0.2, 0.25) is 10.0 Å². The molecule has 1 aliphatic heterocycles. The first-order valence-corrected chi connectivity index (χ1v) is 9.11. The molecule has 0 amide bonds. The topological polar surface area (TPSA) is 69.6 Å². The Kier molecular flexibility index (Phi) is 6.31. The van der Waals surface area contributed by atoms with Crippen LogP contribution in [-0.2, 0) is 10.0 Å². The fraction of sp³-hybridized carbons (Fsp3) is 0.600. The number of rotatable bonds is 7. The van der Waals surface area contributed by atoms with Gasteiger partial charge in [0.15, 0.2) is 0 Å². The van der Waals surface area contributed by atoms with Crippen LogP contribution in [0, 0.1) is 5.82 Å². The molecule has 5 nitrogen and oxygen atoms in total. The predicted octanol–water partition coefficient (Wildman–Crippen LogP) is 1.34. The summed E-state index contributed by atoms with van der Waals surface area (Å²) in [5.41, 5.74) is 0. The first-order chi connectivity index (χ1) is 10.5. The van der Waals surface area contributed by atoms with Crippen molar-refractivity contribution in [1.82, 2.24) is 9.62 Å². The molecule has 1 aromatic rings. The lowest BCUT2D eigenvalue weighted by molar-refractivity contribution is 0.191. The third-order valence-electron chi connectivity index (χ3n) is 3.82. The average molecular weight is 330 g/mol. The molecular weight excluding hydrogens is 307 g/mol. The van der Waals surface area contributed by atoms with Gasteiger partial charge in [-0.05, 0) is 57.0 Å². The number of hydrogen-bond acceptors (Lipinski definition) is 4. The standard InChI is InChI=1S/C15H23FN2O3S/c16-13-5-3-7-15(11-13)22(20,21)17-14-6-4-9-18(12-14)8-1-2-10-19/h3,5,7,11,14,17,19H,1-2,4,6,8-10,12H2. The summed E-state index contributed by atoms with van der Waals surface area (Å²) < 4.78 is 40.4. The molecule has 1 saturated heterocycles. The molecule has 0 spiro atoms. The fourth-order valence-electron chi connectivity index (χ4n) is 2.72. The van der Waals surface area contributed by atoms with E-state index in [2.05, 4.69) is 9.62 Å². The van der Waals surface area contributed by atoms with Crippen molar-refractivity contribution in [2.45, 2.75) is 36.6 Å². The van der Waals surface area contributed by atoms with Gasteiger partial charge in [0.25, 0.3) is 0 Å². The third-order valence-corrected chi connectivity index (χ3v) is 5.33. The Hall–Kier alpha value is -1.02. The predicted molar refractivity (Wildman–Crippen MR) is 82.5 cm³/mol. The summed E-state index contributed by atoms with van der Waals surface area (Å²) in [6.45, 7) is 2.64. The highest BCUT2D eigenvalue weighted by molar-refractivity contribution is 7.89. The van der Waals surface area contributed by atoms with Crippen molar-refractivity contribution >= 4 is 10.0 Å². The van der Waals surface area contributed by atoms with Gasteiger partial charge in [-0.2, -0.15) is 0 Å². The molecule has 1 heterocycles. The molecular formula is C15H23FN2O3S. The number of sulfonamides is 1. The Morgan fingerprint density at radius 1 is 1.36 bits per heavy atom. The number of unbranched alkanes of at least 4 members (excludes halogenated alkanes) is 1. The molecule has 0 saturated carbocycles. The molecule has 1 atom stereocenters. The zero-order valence-corrected chi connectivity index (χ0v) is 13.4. The molecule has 0 radical (unpaired) electrons. The van der Waals surface area contributed by atoms with Crippen LogP contribution in [0.1, 0.15) is 25.7 Å². The van der Waals surface area contributed by atoms with E-state index in [1.807, 2.05) is 0 Å². The summed E-state index contributed by atoms with van der Waals surface area (Å²) in [7, 11) is -3.69. The fourth-order valence-corrected chi connectivity index (χ4v) is 4.02. The van der Waals surface area contributed by atoms with Crippen molar-refractivity contribution in [2.75, 3.05) is 26.2 Å². The van der Waals surface area contributed by atoms with E-state index in [0.717, 1.165) is 44.8 Å². The van der Waals surface area contributed by atoms with Crippen LogP contribution in [0.5, 0.6) is 0 Å². The first kappa shape index (κ1) is 17.3. The Labute approximate surface area is 131 Å². The number of nitrogens with one attached hydrogen (secondary N) is 1. The molecule has 2 rings (SSSR count). The number of aliphatic hydroxyl groups is 1.